The van der Waals surface area contributed by atoms with E-state index in [1.807, 2.05) is 7.05 Å². The van der Waals surface area contributed by atoms with Crippen molar-refractivity contribution in [1.29, 1.82) is 0 Å². The van der Waals surface area contributed by atoms with Crippen LogP contribution in [0.4, 0.5) is 5.69 Å². The van der Waals surface area contributed by atoms with Gasteiger partial charge in [0.25, 0.3) is 0 Å². The predicted molar refractivity (Wildman–Crippen MR) is 86.0 cm³/mol. The monoisotopic (exact) mass is 311 g/mol. The minimum absolute atomic E-state index is 0.382. The Morgan fingerprint density at radius 3 is 2.24 bits per heavy atom. The molecule has 0 spiro atoms. The maximum atomic E-state index is 12.6. The zero-order chi connectivity index (χ0) is 15.5. The molecule has 1 aliphatic heterocycles. The fourth-order valence-corrected chi connectivity index (χ4v) is 4.26. The van der Waals surface area contributed by atoms with Crippen molar-refractivity contribution in [2.24, 2.45) is 5.92 Å². The minimum Gasteiger partial charge on any atom is -0.388 e. The van der Waals surface area contributed by atoms with Crippen LogP contribution in [-0.4, -0.2) is 58.4 Å². The van der Waals surface area contributed by atoms with Crippen molar-refractivity contribution >= 4 is 15.7 Å². The predicted octanol–water partition coefficient (Wildman–Crippen LogP) is 1.69. The van der Waals surface area contributed by atoms with Gasteiger partial charge in [-0.15, -0.1) is 0 Å². The number of rotatable bonds is 5. The van der Waals surface area contributed by atoms with Gasteiger partial charge in [0.1, 0.15) is 0 Å². The molecule has 0 amide bonds. The first-order valence-corrected chi connectivity index (χ1v) is 8.80. The standard InChI is InChI=1S/C15H25N3O2S/c1-16-14-4-6-15(7-5-14)21(19,20)18-10-8-13(9-11-18)12-17(2)3/h4-7,13,16H,8-12H2,1-3H3. The van der Waals surface area contributed by atoms with E-state index in [4.69, 9.17) is 0 Å². The van der Waals surface area contributed by atoms with Gasteiger partial charge >= 0.3 is 0 Å². The minimum atomic E-state index is -3.35. The fourth-order valence-electron chi connectivity index (χ4n) is 2.79. The molecule has 1 aromatic rings. The lowest BCUT2D eigenvalue weighted by molar-refractivity contribution is 0.225. The van der Waals surface area contributed by atoms with Gasteiger partial charge in [-0.2, -0.15) is 4.31 Å². The number of hydrogen-bond acceptors (Lipinski definition) is 4. The van der Waals surface area contributed by atoms with E-state index in [1.165, 1.54) is 0 Å². The van der Waals surface area contributed by atoms with E-state index in [-0.39, 0.29) is 0 Å². The molecule has 0 aliphatic carbocycles. The average molecular weight is 311 g/mol. The summed E-state index contributed by atoms with van der Waals surface area (Å²) in [6.07, 6.45) is 1.87. The van der Waals surface area contributed by atoms with Gasteiger partial charge in [-0.05, 0) is 57.1 Å². The van der Waals surface area contributed by atoms with E-state index < -0.39 is 10.0 Å². The van der Waals surface area contributed by atoms with E-state index in [2.05, 4.69) is 24.3 Å². The summed E-state index contributed by atoms with van der Waals surface area (Å²) in [5.74, 6) is 0.595. The third-order valence-electron chi connectivity index (χ3n) is 3.98. The molecule has 118 valence electrons. The summed E-state index contributed by atoms with van der Waals surface area (Å²) in [6.45, 7) is 2.27. The molecule has 2 rings (SSSR count). The molecule has 1 aromatic carbocycles. The molecule has 5 nitrogen and oxygen atoms in total. The highest BCUT2D eigenvalue weighted by Crippen LogP contribution is 2.24. The van der Waals surface area contributed by atoms with Crippen molar-refractivity contribution in [2.45, 2.75) is 17.7 Å². The summed E-state index contributed by atoms with van der Waals surface area (Å²) in [5.41, 5.74) is 0.915. The Morgan fingerprint density at radius 2 is 1.76 bits per heavy atom. The summed E-state index contributed by atoms with van der Waals surface area (Å²) in [4.78, 5) is 2.55. The number of anilines is 1. The summed E-state index contributed by atoms with van der Waals surface area (Å²) in [6, 6.07) is 6.94. The normalized spacial score (nSPS) is 18.1. The molecule has 0 atom stereocenters. The zero-order valence-electron chi connectivity index (χ0n) is 13.0. The molecular weight excluding hydrogens is 286 g/mol. The first-order chi connectivity index (χ1) is 9.93. The molecule has 1 saturated heterocycles. The van der Waals surface area contributed by atoms with Crippen LogP contribution in [0.1, 0.15) is 12.8 Å². The SMILES string of the molecule is CNc1ccc(S(=O)(=O)N2CCC(CN(C)C)CC2)cc1. The molecule has 1 fully saturated rings. The molecule has 0 saturated carbocycles. The van der Waals surface area contributed by atoms with Crippen molar-refractivity contribution in [3.63, 3.8) is 0 Å². The second-order valence-corrected chi connectivity index (χ2v) is 7.82. The van der Waals surface area contributed by atoms with Crippen LogP contribution in [0.2, 0.25) is 0 Å². The van der Waals surface area contributed by atoms with Gasteiger partial charge in [-0.3, -0.25) is 0 Å². The third kappa shape index (κ3) is 3.96. The summed E-state index contributed by atoms with van der Waals surface area (Å²) < 4.78 is 26.8. The number of hydrogen-bond donors (Lipinski definition) is 1. The van der Waals surface area contributed by atoms with Crippen molar-refractivity contribution in [3.8, 4) is 0 Å². The van der Waals surface area contributed by atoms with Crippen LogP contribution in [0.15, 0.2) is 29.2 Å². The van der Waals surface area contributed by atoms with Gasteiger partial charge < -0.3 is 10.2 Å². The first-order valence-electron chi connectivity index (χ1n) is 7.36. The quantitative estimate of drug-likeness (QED) is 0.899. The fraction of sp³-hybridized carbons (Fsp3) is 0.600. The van der Waals surface area contributed by atoms with Gasteiger partial charge in [-0.25, -0.2) is 8.42 Å². The van der Waals surface area contributed by atoms with Crippen LogP contribution in [0.3, 0.4) is 0 Å². The highest BCUT2D eigenvalue weighted by atomic mass is 32.2. The summed E-state index contributed by atoms with van der Waals surface area (Å²) >= 11 is 0. The Bertz CT molecular complexity index is 547. The largest absolute Gasteiger partial charge is 0.388 e. The Hall–Kier alpha value is -1.11. The van der Waals surface area contributed by atoms with Crippen LogP contribution in [0, 0.1) is 5.92 Å². The van der Waals surface area contributed by atoms with Crippen molar-refractivity contribution in [3.05, 3.63) is 24.3 Å². The molecule has 1 N–H and O–H groups in total. The van der Waals surface area contributed by atoms with Crippen LogP contribution in [0.5, 0.6) is 0 Å². The van der Waals surface area contributed by atoms with Crippen molar-refractivity contribution in [2.75, 3.05) is 46.1 Å². The van der Waals surface area contributed by atoms with E-state index in [0.717, 1.165) is 25.1 Å². The zero-order valence-corrected chi connectivity index (χ0v) is 13.9. The molecule has 0 aromatic heterocycles. The van der Waals surface area contributed by atoms with Gasteiger partial charge in [0.05, 0.1) is 4.90 Å². The second-order valence-electron chi connectivity index (χ2n) is 5.88. The molecule has 0 unspecified atom stereocenters. The molecule has 0 radical (unpaired) electrons. The van der Waals surface area contributed by atoms with Gasteiger partial charge in [-0.1, -0.05) is 0 Å². The van der Waals surface area contributed by atoms with E-state index in [0.29, 0.717) is 23.9 Å². The Balaban J connectivity index is 2.03. The Morgan fingerprint density at radius 1 is 1.19 bits per heavy atom. The number of nitrogens with zero attached hydrogens (tertiary/aromatic N) is 2. The van der Waals surface area contributed by atoms with E-state index >= 15 is 0 Å². The van der Waals surface area contributed by atoms with Crippen molar-refractivity contribution in [1.82, 2.24) is 9.21 Å². The summed E-state index contributed by atoms with van der Waals surface area (Å²) in [5, 5.41) is 3.00. The average Bonchev–Trinajstić information content (AvgIpc) is 2.47. The van der Waals surface area contributed by atoms with Gasteiger partial charge in [0.15, 0.2) is 0 Å². The molecule has 1 heterocycles. The molecule has 21 heavy (non-hydrogen) atoms. The van der Waals surface area contributed by atoms with Crippen LogP contribution >= 0.6 is 0 Å². The lowest BCUT2D eigenvalue weighted by Gasteiger charge is -2.32. The molecule has 0 bridgehead atoms. The number of piperidine rings is 1. The lowest BCUT2D eigenvalue weighted by atomic mass is 9.98. The maximum absolute atomic E-state index is 12.6. The third-order valence-corrected chi connectivity index (χ3v) is 5.89. The topological polar surface area (TPSA) is 52.7 Å². The highest BCUT2D eigenvalue weighted by molar-refractivity contribution is 7.89. The Kier molecular flexibility index (Phi) is 5.24. The van der Waals surface area contributed by atoms with Crippen LogP contribution in [-0.2, 0) is 10.0 Å². The number of benzene rings is 1. The van der Waals surface area contributed by atoms with Gasteiger partial charge in [0.2, 0.25) is 10.0 Å². The highest BCUT2D eigenvalue weighted by Gasteiger charge is 2.29. The van der Waals surface area contributed by atoms with Crippen LogP contribution in [0.25, 0.3) is 0 Å². The molecule has 1 aliphatic rings. The summed E-state index contributed by atoms with van der Waals surface area (Å²) in [7, 11) is 2.60. The van der Waals surface area contributed by atoms with E-state index in [9.17, 15) is 8.42 Å². The van der Waals surface area contributed by atoms with Crippen LogP contribution < -0.4 is 5.32 Å². The second kappa shape index (κ2) is 6.77. The van der Waals surface area contributed by atoms with Crippen molar-refractivity contribution < 1.29 is 8.42 Å². The number of sulfonamides is 1. The number of nitrogens with one attached hydrogen (secondary N) is 1. The smallest absolute Gasteiger partial charge is 0.243 e. The maximum Gasteiger partial charge on any atom is 0.243 e. The Labute approximate surface area is 128 Å². The lowest BCUT2D eigenvalue weighted by Crippen LogP contribution is -2.40. The van der Waals surface area contributed by atoms with E-state index in [1.54, 1.807) is 28.6 Å². The first kappa shape index (κ1) is 16.3. The molecule has 6 heteroatoms. The van der Waals surface area contributed by atoms with Gasteiger partial charge in [0, 0.05) is 32.4 Å². The molecular formula is C15H25N3O2S.